The molecule has 0 amide bonds. The molecule has 1 aromatic rings. The number of nitrogens with one attached hydrogen (secondary N) is 1. The van der Waals surface area contributed by atoms with Gasteiger partial charge in [0, 0.05) is 11.1 Å². The highest BCUT2D eigenvalue weighted by molar-refractivity contribution is 6.31. The quantitative estimate of drug-likeness (QED) is 0.808. The number of halogens is 1. The van der Waals surface area contributed by atoms with Crippen LogP contribution >= 0.6 is 11.6 Å². The van der Waals surface area contributed by atoms with Crippen LogP contribution in [0, 0.1) is 6.92 Å². The molecule has 1 unspecified atom stereocenters. The molecule has 0 aliphatic rings. The molecular weight excluding hydrogens is 206 g/mol. The van der Waals surface area contributed by atoms with E-state index in [0.29, 0.717) is 6.04 Å². The second-order valence-corrected chi connectivity index (χ2v) is 4.50. The average molecular weight is 226 g/mol. The van der Waals surface area contributed by atoms with Crippen molar-refractivity contribution in [2.75, 3.05) is 6.54 Å². The van der Waals surface area contributed by atoms with Crippen LogP contribution in [0.15, 0.2) is 18.2 Å². The van der Waals surface area contributed by atoms with Gasteiger partial charge in [0.05, 0.1) is 0 Å². The van der Waals surface area contributed by atoms with E-state index in [0.717, 1.165) is 24.4 Å². The number of rotatable bonds is 5. The maximum Gasteiger partial charge on any atom is 0.0440 e. The molecule has 0 saturated carbocycles. The SMILES string of the molecule is CCNC(C)CCc1ccc(C)cc1Cl. The molecule has 0 aliphatic carbocycles. The summed E-state index contributed by atoms with van der Waals surface area (Å²) in [5.74, 6) is 0. The summed E-state index contributed by atoms with van der Waals surface area (Å²) < 4.78 is 0. The fraction of sp³-hybridized carbons (Fsp3) is 0.538. The molecule has 1 rings (SSSR count). The third-order valence-electron chi connectivity index (χ3n) is 2.61. The second kappa shape index (κ2) is 6.14. The smallest absolute Gasteiger partial charge is 0.0440 e. The number of hydrogen-bond acceptors (Lipinski definition) is 1. The first kappa shape index (κ1) is 12.5. The van der Waals surface area contributed by atoms with Gasteiger partial charge in [-0.25, -0.2) is 0 Å². The van der Waals surface area contributed by atoms with Crippen LogP contribution in [0.3, 0.4) is 0 Å². The zero-order valence-corrected chi connectivity index (χ0v) is 10.6. The summed E-state index contributed by atoms with van der Waals surface area (Å²) in [6, 6.07) is 6.86. The number of aryl methyl sites for hydroxylation is 2. The lowest BCUT2D eigenvalue weighted by molar-refractivity contribution is 0.531. The summed E-state index contributed by atoms with van der Waals surface area (Å²) >= 11 is 6.17. The normalized spacial score (nSPS) is 12.8. The van der Waals surface area contributed by atoms with Crippen molar-refractivity contribution in [2.24, 2.45) is 0 Å². The maximum atomic E-state index is 6.17. The molecule has 84 valence electrons. The predicted molar refractivity (Wildman–Crippen MR) is 67.6 cm³/mol. The largest absolute Gasteiger partial charge is 0.315 e. The molecule has 2 heteroatoms. The Hall–Kier alpha value is -0.530. The first-order valence-corrected chi connectivity index (χ1v) is 5.99. The minimum absolute atomic E-state index is 0.562. The molecule has 1 nitrogen and oxygen atoms in total. The van der Waals surface area contributed by atoms with Crippen LogP contribution in [0.1, 0.15) is 31.4 Å². The molecule has 0 spiro atoms. The first-order chi connectivity index (χ1) is 7.13. The van der Waals surface area contributed by atoms with Gasteiger partial charge in [-0.1, -0.05) is 30.7 Å². The van der Waals surface area contributed by atoms with Crippen LogP contribution in [0.2, 0.25) is 5.02 Å². The molecular formula is C13H20ClN. The zero-order chi connectivity index (χ0) is 11.3. The molecule has 15 heavy (non-hydrogen) atoms. The Balaban J connectivity index is 2.50. The molecule has 1 aromatic carbocycles. The summed E-state index contributed by atoms with van der Waals surface area (Å²) in [6.45, 7) is 7.45. The zero-order valence-electron chi connectivity index (χ0n) is 9.81. The molecule has 0 fully saturated rings. The molecule has 0 aromatic heterocycles. The monoisotopic (exact) mass is 225 g/mol. The van der Waals surface area contributed by atoms with Crippen LogP contribution < -0.4 is 5.32 Å². The minimum Gasteiger partial charge on any atom is -0.315 e. The highest BCUT2D eigenvalue weighted by Gasteiger charge is 2.04. The van der Waals surface area contributed by atoms with Crippen LogP contribution in [-0.2, 0) is 6.42 Å². The fourth-order valence-corrected chi connectivity index (χ4v) is 2.01. The summed E-state index contributed by atoms with van der Waals surface area (Å²) in [5.41, 5.74) is 2.48. The third-order valence-corrected chi connectivity index (χ3v) is 2.96. The summed E-state index contributed by atoms with van der Waals surface area (Å²) in [4.78, 5) is 0. The molecule has 0 heterocycles. The Morgan fingerprint density at radius 1 is 1.40 bits per heavy atom. The van der Waals surface area contributed by atoms with Gasteiger partial charge in [0.1, 0.15) is 0 Å². The lowest BCUT2D eigenvalue weighted by atomic mass is 10.0. The van der Waals surface area contributed by atoms with Gasteiger partial charge in [-0.2, -0.15) is 0 Å². The van der Waals surface area contributed by atoms with Crippen LogP contribution in [0.25, 0.3) is 0 Å². The van der Waals surface area contributed by atoms with E-state index in [1.54, 1.807) is 0 Å². The van der Waals surface area contributed by atoms with Crippen molar-refractivity contribution in [1.82, 2.24) is 5.32 Å². The van der Waals surface area contributed by atoms with Gasteiger partial charge in [-0.15, -0.1) is 0 Å². The molecule has 0 aliphatic heterocycles. The van der Waals surface area contributed by atoms with E-state index in [1.807, 2.05) is 6.07 Å². The minimum atomic E-state index is 0.562. The van der Waals surface area contributed by atoms with Crippen LogP contribution in [0.5, 0.6) is 0 Å². The van der Waals surface area contributed by atoms with E-state index in [-0.39, 0.29) is 0 Å². The van der Waals surface area contributed by atoms with Gasteiger partial charge in [0.2, 0.25) is 0 Å². The fourth-order valence-electron chi connectivity index (χ4n) is 1.68. The lowest BCUT2D eigenvalue weighted by Gasteiger charge is -2.12. The van der Waals surface area contributed by atoms with Crippen molar-refractivity contribution >= 4 is 11.6 Å². The molecule has 0 saturated heterocycles. The van der Waals surface area contributed by atoms with Crippen LogP contribution in [-0.4, -0.2) is 12.6 Å². The van der Waals surface area contributed by atoms with Crippen molar-refractivity contribution < 1.29 is 0 Å². The highest BCUT2D eigenvalue weighted by Crippen LogP contribution is 2.19. The average Bonchev–Trinajstić information content (AvgIpc) is 2.17. The Kier molecular flexibility index (Phi) is 5.13. The van der Waals surface area contributed by atoms with Crippen LogP contribution in [0.4, 0.5) is 0 Å². The maximum absolute atomic E-state index is 6.17. The van der Waals surface area contributed by atoms with Gasteiger partial charge in [-0.05, 0) is 50.4 Å². The Morgan fingerprint density at radius 3 is 2.73 bits per heavy atom. The topological polar surface area (TPSA) is 12.0 Å². The van der Waals surface area contributed by atoms with Gasteiger partial charge in [0.15, 0.2) is 0 Å². The molecule has 1 atom stereocenters. The van der Waals surface area contributed by atoms with Crippen molar-refractivity contribution in [3.8, 4) is 0 Å². The van der Waals surface area contributed by atoms with E-state index in [2.05, 4.69) is 38.2 Å². The van der Waals surface area contributed by atoms with E-state index in [9.17, 15) is 0 Å². The highest BCUT2D eigenvalue weighted by atomic mass is 35.5. The van der Waals surface area contributed by atoms with Gasteiger partial charge in [-0.3, -0.25) is 0 Å². The van der Waals surface area contributed by atoms with Crippen molar-refractivity contribution in [1.29, 1.82) is 0 Å². The first-order valence-electron chi connectivity index (χ1n) is 5.62. The lowest BCUT2D eigenvalue weighted by Crippen LogP contribution is -2.25. The van der Waals surface area contributed by atoms with E-state index in [1.165, 1.54) is 11.1 Å². The Labute approximate surface area is 97.8 Å². The van der Waals surface area contributed by atoms with Gasteiger partial charge >= 0.3 is 0 Å². The Morgan fingerprint density at radius 2 is 2.13 bits per heavy atom. The summed E-state index contributed by atoms with van der Waals surface area (Å²) in [5, 5.41) is 4.31. The van der Waals surface area contributed by atoms with Crippen molar-refractivity contribution in [3.05, 3.63) is 34.3 Å². The van der Waals surface area contributed by atoms with E-state index < -0.39 is 0 Å². The van der Waals surface area contributed by atoms with Gasteiger partial charge in [0.25, 0.3) is 0 Å². The van der Waals surface area contributed by atoms with E-state index >= 15 is 0 Å². The van der Waals surface area contributed by atoms with E-state index in [4.69, 9.17) is 11.6 Å². The number of hydrogen-bond donors (Lipinski definition) is 1. The number of benzene rings is 1. The summed E-state index contributed by atoms with van der Waals surface area (Å²) in [6.07, 6.45) is 2.18. The third kappa shape index (κ3) is 4.23. The van der Waals surface area contributed by atoms with Gasteiger partial charge < -0.3 is 5.32 Å². The van der Waals surface area contributed by atoms with Crippen molar-refractivity contribution in [3.63, 3.8) is 0 Å². The summed E-state index contributed by atoms with van der Waals surface area (Å²) in [7, 11) is 0. The van der Waals surface area contributed by atoms with Crippen molar-refractivity contribution in [2.45, 2.75) is 39.7 Å². The Bertz CT molecular complexity index is 309. The molecule has 0 radical (unpaired) electrons. The second-order valence-electron chi connectivity index (χ2n) is 4.09. The molecule has 0 bridgehead atoms. The standard InChI is InChI=1S/C13H20ClN/c1-4-15-11(3)6-8-12-7-5-10(2)9-13(12)14/h5,7,9,11,15H,4,6,8H2,1-3H3. The molecule has 1 N–H and O–H groups in total. The predicted octanol–water partition coefficient (Wildman–Crippen LogP) is 3.58.